The summed E-state index contributed by atoms with van der Waals surface area (Å²) in [7, 11) is 0. The van der Waals surface area contributed by atoms with Gasteiger partial charge in [0.25, 0.3) is 0 Å². The molecule has 0 bridgehead atoms. The summed E-state index contributed by atoms with van der Waals surface area (Å²) < 4.78 is 0. The van der Waals surface area contributed by atoms with E-state index in [-0.39, 0.29) is 23.8 Å². The second-order valence-corrected chi connectivity index (χ2v) is 6.81. The number of nitrogens with zero attached hydrogens (tertiary/aromatic N) is 1. The van der Waals surface area contributed by atoms with E-state index >= 15 is 0 Å². The third kappa shape index (κ3) is 5.38. The number of hydrogen-bond acceptors (Lipinski definition) is 2. The zero-order valence-electron chi connectivity index (χ0n) is 14.5. The van der Waals surface area contributed by atoms with Gasteiger partial charge < -0.3 is 10.2 Å². The molecule has 23 heavy (non-hydrogen) atoms. The number of amides is 2. The normalized spacial score (nSPS) is 15.7. The maximum Gasteiger partial charge on any atom is 0.225 e. The quantitative estimate of drug-likeness (QED) is 0.908. The van der Waals surface area contributed by atoms with Crippen LogP contribution in [0.15, 0.2) is 24.3 Å². The Labute approximate surface area is 139 Å². The van der Waals surface area contributed by atoms with E-state index in [1.54, 1.807) is 0 Å². The summed E-state index contributed by atoms with van der Waals surface area (Å²) >= 11 is 0. The second kappa shape index (κ2) is 8.14. The highest BCUT2D eigenvalue weighted by Crippen LogP contribution is 2.14. The average molecular weight is 316 g/mol. The highest BCUT2D eigenvalue weighted by molar-refractivity contribution is 5.78. The molecule has 0 saturated carbocycles. The molecule has 4 heteroatoms. The van der Waals surface area contributed by atoms with Crippen LogP contribution in [0.25, 0.3) is 0 Å². The van der Waals surface area contributed by atoms with Crippen molar-refractivity contribution in [3.8, 4) is 0 Å². The number of hydrogen-bond donors (Lipinski definition) is 1. The molecule has 0 aliphatic carbocycles. The van der Waals surface area contributed by atoms with Crippen molar-refractivity contribution in [1.29, 1.82) is 0 Å². The molecule has 0 aromatic heterocycles. The molecule has 1 N–H and O–H groups in total. The van der Waals surface area contributed by atoms with Gasteiger partial charge in [0.15, 0.2) is 0 Å². The van der Waals surface area contributed by atoms with E-state index in [4.69, 9.17) is 0 Å². The van der Waals surface area contributed by atoms with Crippen molar-refractivity contribution >= 4 is 11.8 Å². The van der Waals surface area contributed by atoms with Crippen LogP contribution in [0, 0.1) is 12.8 Å². The zero-order chi connectivity index (χ0) is 16.8. The van der Waals surface area contributed by atoms with Crippen molar-refractivity contribution in [2.24, 2.45) is 5.92 Å². The molecule has 0 unspecified atom stereocenters. The number of rotatable bonds is 5. The second-order valence-electron chi connectivity index (χ2n) is 6.81. The molecule has 1 aliphatic heterocycles. The molecule has 1 aromatic rings. The Balaban J connectivity index is 1.70. The average Bonchev–Trinajstić information content (AvgIpc) is 2.54. The Morgan fingerprint density at radius 3 is 2.35 bits per heavy atom. The van der Waals surface area contributed by atoms with Crippen LogP contribution in [0.1, 0.15) is 44.2 Å². The lowest BCUT2D eigenvalue weighted by Gasteiger charge is -2.33. The Morgan fingerprint density at radius 2 is 1.78 bits per heavy atom. The number of piperidine rings is 1. The van der Waals surface area contributed by atoms with E-state index in [2.05, 4.69) is 36.5 Å². The molecule has 126 valence electrons. The van der Waals surface area contributed by atoms with Crippen molar-refractivity contribution < 1.29 is 9.59 Å². The van der Waals surface area contributed by atoms with Crippen LogP contribution in [-0.2, 0) is 16.0 Å². The van der Waals surface area contributed by atoms with Crippen LogP contribution in [0.5, 0.6) is 0 Å². The molecule has 0 spiro atoms. The van der Waals surface area contributed by atoms with Gasteiger partial charge in [0.1, 0.15) is 0 Å². The van der Waals surface area contributed by atoms with Crippen molar-refractivity contribution in [2.45, 2.75) is 52.5 Å². The van der Waals surface area contributed by atoms with E-state index < -0.39 is 0 Å². The molecule has 1 heterocycles. The predicted octanol–water partition coefficient (Wildman–Crippen LogP) is 2.69. The summed E-state index contributed by atoms with van der Waals surface area (Å²) in [5.74, 6) is 0.379. The molecule has 1 aromatic carbocycles. The zero-order valence-corrected chi connectivity index (χ0v) is 14.5. The summed E-state index contributed by atoms with van der Waals surface area (Å²) in [6.07, 6.45) is 3.01. The lowest BCUT2D eigenvalue weighted by molar-refractivity contribution is -0.135. The summed E-state index contributed by atoms with van der Waals surface area (Å²) in [4.78, 5) is 25.9. The van der Waals surface area contributed by atoms with Gasteiger partial charge in [-0.05, 0) is 31.7 Å². The topological polar surface area (TPSA) is 49.4 Å². The first-order chi connectivity index (χ1) is 11.0. The van der Waals surface area contributed by atoms with Gasteiger partial charge in [-0.3, -0.25) is 9.59 Å². The van der Waals surface area contributed by atoms with Crippen LogP contribution in [0.2, 0.25) is 0 Å². The maximum atomic E-state index is 12.1. The Hall–Kier alpha value is -1.84. The van der Waals surface area contributed by atoms with E-state index in [0.29, 0.717) is 6.42 Å². The van der Waals surface area contributed by atoms with Gasteiger partial charge in [-0.15, -0.1) is 0 Å². The fraction of sp³-hybridized carbons (Fsp3) is 0.579. The van der Waals surface area contributed by atoms with Crippen LogP contribution in [-0.4, -0.2) is 35.8 Å². The minimum absolute atomic E-state index is 0.0515. The fourth-order valence-electron chi connectivity index (χ4n) is 2.92. The summed E-state index contributed by atoms with van der Waals surface area (Å²) in [5, 5.41) is 3.11. The number of likely N-dealkylation sites (tertiary alicyclic amines) is 1. The molecule has 0 atom stereocenters. The fourth-order valence-corrected chi connectivity index (χ4v) is 2.92. The van der Waals surface area contributed by atoms with Crippen LogP contribution >= 0.6 is 0 Å². The first-order valence-electron chi connectivity index (χ1n) is 8.59. The number of carbonyl (C=O) groups is 2. The third-order valence-electron chi connectivity index (χ3n) is 4.43. The Kier molecular flexibility index (Phi) is 6.20. The molecule has 2 rings (SSSR count). The van der Waals surface area contributed by atoms with E-state index in [1.165, 1.54) is 11.1 Å². The van der Waals surface area contributed by atoms with Crippen LogP contribution in [0.3, 0.4) is 0 Å². The maximum absolute atomic E-state index is 12.1. The third-order valence-corrected chi connectivity index (χ3v) is 4.43. The highest BCUT2D eigenvalue weighted by atomic mass is 16.2. The molecule has 1 saturated heterocycles. The smallest absolute Gasteiger partial charge is 0.225 e. The molecule has 0 radical (unpaired) electrons. The number of nitrogens with one attached hydrogen (secondary N) is 1. The lowest BCUT2D eigenvalue weighted by Crippen LogP contribution is -2.47. The van der Waals surface area contributed by atoms with Gasteiger partial charge >= 0.3 is 0 Å². The Morgan fingerprint density at radius 1 is 1.17 bits per heavy atom. The van der Waals surface area contributed by atoms with E-state index in [9.17, 15) is 9.59 Å². The van der Waals surface area contributed by atoms with Crippen LogP contribution in [0.4, 0.5) is 0 Å². The van der Waals surface area contributed by atoms with Gasteiger partial charge in [0, 0.05) is 31.5 Å². The first kappa shape index (κ1) is 17.5. The first-order valence-corrected chi connectivity index (χ1v) is 8.59. The van der Waals surface area contributed by atoms with Crippen LogP contribution < -0.4 is 5.32 Å². The van der Waals surface area contributed by atoms with Gasteiger partial charge in [0.2, 0.25) is 11.8 Å². The lowest BCUT2D eigenvalue weighted by atomic mass is 10.0. The molecule has 2 amide bonds. The molecular formula is C19H28N2O2. The standard InChI is InChI=1S/C19H28N2O2/c1-14(2)19(23)21-12-10-17(11-13-21)20-18(22)9-8-16-6-4-15(3)5-7-16/h4-7,14,17H,8-13H2,1-3H3,(H,20,22). The summed E-state index contributed by atoms with van der Waals surface area (Å²) in [6.45, 7) is 7.43. The molecular weight excluding hydrogens is 288 g/mol. The minimum atomic E-state index is 0.0515. The molecule has 1 aliphatic rings. The predicted molar refractivity (Wildman–Crippen MR) is 92.1 cm³/mol. The van der Waals surface area contributed by atoms with Gasteiger partial charge in [0.05, 0.1) is 0 Å². The van der Waals surface area contributed by atoms with E-state index in [0.717, 1.165) is 32.4 Å². The molecule has 4 nitrogen and oxygen atoms in total. The number of aryl methyl sites for hydroxylation is 2. The number of carbonyl (C=O) groups excluding carboxylic acids is 2. The van der Waals surface area contributed by atoms with Gasteiger partial charge in [-0.25, -0.2) is 0 Å². The molecule has 1 fully saturated rings. The van der Waals surface area contributed by atoms with E-state index in [1.807, 2.05) is 18.7 Å². The van der Waals surface area contributed by atoms with Gasteiger partial charge in [-0.1, -0.05) is 43.7 Å². The monoisotopic (exact) mass is 316 g/mol. The highest BCUT2D eigenvalue weighted by Gasteiger charge is 2.24. The van der Waals surface area contributed by atoms with Crippen molar-refractivity contribution in [3.05, 3.63) is 35.4 Å². The minimum Gasteiger partial charge on any atom is -0.353 e. The van der Waals surface area contributed by atoms with Crippen molar-refractivity contribution in [3.63, 3.8) is 0 Å². The summed E-state index contributed by atoms with van der Waals surface area (Å²) in [5.41, 5.74) is 2.43. The summed E-state index contributed by atoms with van der Waals surface area (Å²) in [6, 6.07) is 8.53. The largest absolute Gasteiger partial charge is 0.353 e. The number of benzene rings is 1. The van der Waals surface area contributed by atoms with Crippen molar-refractivity contribution in [1.82, 2.24) is 10.2 Å². The SMILES string of the molecule is Cc1ccc(CCC(=O)NC2CCN(C(=O)C(C)C)CC2)cc1. The van der Waals surface area contributed by atoms with Crippen molar-refractivity contribution in [2.75, 3.05) is 13.1 Å². The Bertz CT molecular complexity index is 529. The van der Waals surface area contributed by atoms with Gasteiger partial charge in [-0.2, -0.15) is 0 Å².